The molecule has 70 valence electrons. The van der Waals surface area contributed by atoms with Gasteiger partial charge in [0.1, 0.15) is 0 Å². The fourth-order valence-electron chi connectivity index (χ4n) is 2.18. The Kier molecular flexibility index (Phi) is 2.36. The van der Waals surface area contributed by atoms with Crippen LogP contribution >= 0.6 is 0 Å². The third-order valence-corrected chi connectivity index (χ3v) is 3.25. The van der Waals surface area contributed by atoms with Gasteiger partial charge in [0.25, 0.3) is 0 Å². The number of hydrogen-bond donors (Lipinski definition) is 1. The zero-order chi connectivity index (χ0) is 9.26. The fourth-order valence-corrected chi connectivity index (χ4v) is 2.18. The topological polar surface area (TPSA) is 12.0 Å². The lowest BCUT2D eigenvalue weighted by molar-refractivity contribution is 0.412. The van der Waals surface area contributed by atoms with E-state index in [4.69, 9.17) is 0 Å². The Labute approximate surface area is 80.2 Å². The first-order valence-electron chi connectivity index (χ1n) is 5.05. The number of nitrogens with one attached hydrogen (secondary N) is 1. The standard InChI is InChI=1S/C12H17N/c1-9(13-2)12-7-10-5-3-4-6-11(10)8-12/h3-6,9,12-13H,7-8H2,1-2H3. The van der Waals surface area contributed by atoms with E-state index in [1.165, 1.54) is 12.8 Å². The predicted octanol–water partition coefficient (Wildman–Crippen LogP) is 2.01. The Hall–Kier alpha value is -0.820. The molecule has 0 saturated carbocycles. The molecule has 1 atom stereocenters. The van der Waals surface area contributed by atoms with E-state index in [-0.39, 0.29) is 0 Å². The van der Waals surface area contributed by atoms with Gasteiger partial charge in [-0.3, -0.25) is 0 Å². The first-order valence-corrected chi connectivity index (χ1v) is 5.05. The van der Waals surface area contributed by atoms with Crippen LogP contribution in [0.15, 0.2) is 24.3 Å². The highest BCUT2D eigenvalue weighted by Crippen LogP contribution is 2.28. The van der Waals surface area contributed by atoms with Crippen LogP contribution in [-0.4, -0.2) is 13.1 Å². The van der Waals surface area contributed by atoms with Crippen LogP contribution in [0.2, 0.25) is 0 Å². The monoisotopic (exact) mass is 175 g/mol. The average molecular weight is 175 g/mol. The molecule has 0 amide bonds. The predicted molar refractivity (Wildman–Crippen MR) is 55.9 cm³/mol. The molecular formula is C12H17N. The van der Waals surface area contributed by atoms with Crippen molar-refractivity contribution in [3.05, 3.63) is 35.4 Å². The molecule has 13 heavy (non-hydrogen) atoms. The van der Waals surface area contributed by atoms with Crippen LogP contribution in [0.3, 0.4) is 0 Å². The second kappa shape index (κ2) is 3.51. The largest absolute Gasteiger partial charge is 0.317 e. The van der Waals surface area contributed by atoms with Crippen LogP contribution in [0, 0.1) is 5.92 Å². The first kappa shape index (κ1) is 8.76. The van der Waals surface area contributed by atoms with Crippen molar-refractivity contribution in [3.63, 3.8) is 0 Å². The summed E-state index contributed by atoms with van der Waals surface area (Å²) in [5.74, 6) is 0.794. The van der Waals surface area contributed by atoms with E-state index in [2.05, 4.69) is 36.5 Å². The number of rotatable bonds is 2. The minimum absolute atomic E-state index is 0.632. The van der Waals surface area contributed by atoms with Gasteiger partial charge >= 0.3 is 0 Å². The minimum Gasteiger partial charge on any atom is -0.317 e. The second-order valence-electron chi connectivity index (χ2n) is 4.01. The van der Waals surface area contributed by atoms with Crippen LogP contribution in [-0.2, 0) is 12.8 Å². The van der Waals surface area contributed by atoms with E-state index in [1.54, 1.807) is 11.1 Å². The van der Waals surface area contributed by atoms with Gasteiger partial charge in [-0.25, -0.2) is 0 Å². The first-order chi connectivity index (χ1) is 6.31. The van der Waals surface area contributed by atoms with E-state index in [9.17, 15) is 0 Å². The van der Waals surface area contributed by atoms with Gasteiger partial charge in [0.2, 0.25) is 0 Å². The van der Waals surface area contributed by atoms with Crippen LogP contribution in [0.1, 0.15) is 18.1 Å². The highest BCUT2D eigenvalue weighted by molar-refractivity contribution is 5.32. The lowest BCUT2D eigenvalue weighted by Crippen LogP contribution is -2.30. The third-order valence-electron chi connectivity index (χ3n) is 3.25. The molecule has 0 spiro atoms. The summed E-state index contributed by atoms with van der Waals surface area (Å²) in [6.07, 6.45) is 2.50. The maximum absolute atomic E-state index is 3.34. The minimum atomic E-state index is 0.632. The molecule has 0 bridgehead atoms. The normalized spacial score (nSPS) is 18.6. The summed E-state index contributed by atoms with van der Waals surface area (Å²) in [4.78, 5) is 0. The Bertz CT molecular complexity index is 268. The highest BCUT2D eigenvalue weighted by atomic mass is 14.9. The average Bonchev–Trinajstić information content (AvgIpc) is 2.59. The number of hydrogen-bond acceptors (Lipinski definition) is 1. The maximum Gasteiger partial charge on any atom is 0.00703 e. The molecule has 1 heteroatoms. The lowest BCUT2D eigenvalue weighted by atomic mass is 9.98. The zero-order valence-corrected chi connectivity index (χ0v) is 8.38. The maximum atomic E-state index is 3.34. The Morgan fingerprint density at radius 1 is 1.23 bits per heavy atom. The molecule has 1 nitrogen and oxygen atoms in total. The van der Waals surface area contributed by atoms with Gasteiger partial charge < -0.3 is 5.32 Å². The van der Waals surface area contributed by atoms with Crippen molar-refractivity contribution in [2.24, 2.45) is 5.92 Å². The van der Waals surface area contributed by atoms with Crippen molar-refractivity contribution >= 4 is 0 Å². The Morgan fingerprint density at radius 2 is 1.77 bits per heavy atom. The quantitative estimate of drug-likeness (QED) is 0.725. The number of benzene rings is 1. The van der Waals surface area contributed by atoms with Crippen molar-refractivity contribution in [1.82, 2.24) is 5.32 Å². The fraction of sp³-hybridized carbons (Fsp3) is 0.500. The van der Waals surface area contributed by atoms with E-state index in [0.29, 0.717) is 6.04 Å². The van der Waals surface area contributed by atoms with Crippen molar-refractivity contribution in [2.75, 3.05) is 7.05 Å². The zero-order valence-electron chi connectivity index (χ0n) is 8.38. The van der Waals surface area contributed by atoms with E-state index in [1.807, 2.05) is 7.05 Å². The van der Waals surface area contributed by atoms with Crippen LogP contribution in [0.25, 0.3) is 0 Å². The molecular weight excluding hydrogens is 158 g/mol. The smallest absolute Gasteiger partial charge is 0.00703 e. The molecule has 0 radical (unpaired) electrons. The lowest BCUT2D eigenvalue weighted by Gasteiger charge is -2.17. The van der Waals surface area contributed by atoms with Crippen LogP contribution < -0.4 is 5.32 Å². The van der Waals surface area contributed by atoms with E-state index < -0.39 is 0 Å². The van der Waals surface area contributed by atoms with Gasteiger partial charge in [-0.1, -0.05) is 24.3 Å². The molecule has 0 aliphatic heterocycles. The van der Waals surface area contributed by atoms with Crippen molar-refractivity contribution in [1.29, 1.82) is 0 Å². The molecule has 2 rings (SSSR count). The van der Waals surface area contributed by atoms with Crippen molar-refractivity contribution in [3.8, 4) is 0 Å². The van der Waals surface area contributed by atoms with Crippen LogP contribution in [0.4, 0.5) is 0 Å². The molecule has 1 N–H and O–H groups in total. The summed E-state index contributed by atoms with van der Waals surface area (Å²) in [5.41, 5.74) is 3.10. The summed E-state index contributed by atoms with van der Waals surface area (Å²) >= 11 is 0. The molecule has 0 aromatic heterocycles. The molecule has 1 aliphatic rings. The van der Waals surface area contributed by atoms with Crippen LogP contribution in [0.5, 0.6) is 0 Å². The molecule has 0 heterocycles. The van der Waals surface area contributed by atoms with Gasteiger partial charge in [0.05, 0.1) is 0 Å². The van der Waals surface area contributed by atoms with Crippen molar-refractivity contribution in [2.45, 2.75) is 25.8 Å². The molecule has 1 aromatic carbocycles. The number of fused-ring (bicyclic) bond motifs is 1. The van der Waals surface area contributed by atoms with Gasteiger partial charge in [0.15, 0.2) is 0 Å². The summed E-state index contributed by atoms with van der Waals surface area (Å²) in [6, 6.07) is 9.44. The molecule has 0 fully saturated rings. The summed E-state index contributed by atoms with van der Waals surface area (Å²) < 4.78 is 0. The Balaban J connectivity index is 2.14. The van der Waals surface area contributed by atoms with Gasteiger partial charge in [0, 0.05) is 6.04 Å². The summed E-state index contributed by atoms with van der Waals surface area (Å²) in [7, 11) is 2.05. The second-order valence-corrected chi connectivity index (χ2v) is 4.01. The van der Waals surface area contributed by atoms with E-state index >= 15 is 0 Å². The van der Waals surface area contributed by atoms with Gasteiger partial charge in [-0.15, -0.1) is 0 Å². The Morgan fingerprint density at radius 3 is 2.23 bits per heavy atom. The molecule has 0 saturated heterocycles. The SMILES string of the molecule is CNC(C)C1Cc2ccccc2C1. The molecule has 1 aromatic rings. The summed E-state index contributed by atoms with van der Waals surface area (Å²) in [5, 5.41) is 3.34. The van der Waals surface area contributed by atoms with Gasteiger partial charge in [-0.2, -0.15) is 0 Å². The molecule has 1 unspecified atom stereocenters. The highest BCUT2D eigenvalue weighted by Gasteiger charge is 2.24. The van der Waals surface area contributed by atoms with Crippen molar-refractivity contribution < 1.29 is 0 Å². The molecule has 1 aliphatic carbocycles. The van der Waals surface area contributed by atoms with E-state index in [0.717, 1.165) is 5.92 Å². The van der Waals surface area contributed by atoms with Gasteiger partial charge in [-0.05, 0) is 43.9 Å². The summed E-state index contributed by atoms with van der Waals surface area (Å²) in [6.45, 7) is 2.27. The third kappa shape index (κ3) is 1.61.